The SMILES string of the molecule is C/C=C\C=C/c1cn2c3c(nc2n1-c1ccccn1)C=CCC3. The summed E-state index contributed by atoms with van der Waals surface area (Å²) in [6.07, 6.45) is 18.5. The number of hydrogen-bond donors (Lipinski definition) is 0. The molecule has 0 unspecified atom stereocenters. The van der Waals surface area contributed by atoms with Crippen molar-refractivity contribution in [3.05, 3.63) is 72.0 Å². The number of allylic oxidation sites excluding steroid dienone is 4. The van der Waals surface area contributed by atoms with Crippen LogP contribution in [0.3, 0.4) is 0 Å². The lowest BCUT2D eigenvalue weighted by Gasteiger charge is -2.04. The summed E-state index contributed by atoms with van der Waals surface area (Å²) >= 11 is 0. The van der Waals surface area contributed by atoms with Crippen LogP contribution in [0.5, 0.6) is 0 Å². The van der Waals surface area contributed by atoms with Crippen molar-refractivity contribution in [2.45, 2.75) is 19.8 Å². The first-order chi connectivity index (χ1) is 11.4. The van der Waals surface area contributed by atoms with Crippen molar-refractivity contribution in [2.75, 3.05) is 0 Å². The van der Waals surface area contributed by atoms with E-state index in [0.717, 1.165) is 35.8 Å². The predicted octanol–water partition coefficient (Wildman–Crippen LogP) is 4.07. The average Bonchev–Trinajstić information content (AvgIpc) is 3.11. The number of aryl methyl sites for hydroxylation is 1. The second-order valence-corrected chi connectivity index (χ2v) is 5.52. The van der Waals surface area contributed by atoms with E-state index < -0.39 is 0 Å². The molecular weight excluding hydrogens is 284 g/mol. The van der Waals surface area contributed by atoms with E-state index in [1.54, 1.807) is 0 Å². The number of hydrogen-bond acceptors (Lipinski definition) is 2. The third-order valence-corrected chi connectivity index (χ3v) is 4.01. The van der Waals surface area contributed by atoms with Gasteiger partial charge in [-0.25, -0.2) is 9.97 Å². The highest BCUT2D eigenvalue weighted by Crippen LogP contribution is 2.25. The molecule has 3 aromatic rings. The summed E-state index contributed by atoms with van der Waals surface area (Å²) in [4.78, 5) is 9.33. The average molecular weight is 302 g/mol. The van der Waals surface area contributed by atoms with Crippen LogP contribution in [0.1, 0.15) is 30.4 Å². The van der Waals surface area contributed by atoms with Gasteiger partial charge in [0.25, 0.3) is 0 Å². The van der Waals surface area contributed by atoms with Gasteiger partial charge in [0.1, 0.15) is 5.82 Å². The summed E-state index contributed by atoms with van der Waals surface area (Å²) in [5, 5.41) is 0. The zero-order chi connectivity index (χ0) is 15.6. The van der Waals surface area contributed by atoms with Crippen LogP contribution in [0.15, 0.2) is 54.9 Å². The van der Waals surface area contributed by atoms with Gasteiger partial charge in [0.05, 0.1) is 17.1 Å². The molecule has 0 radical (unpaired) electrons. The second kappa shape index (κ2) is 5.72. The Hall–Kier alpha value is -2.88. The van der Waals surface area contributed by atoms with E-state index in [4.69, 9.17) is 4.98 Å². The summed E-state index contributed by atoms with van der Waals surface area (Å²) in [6, 6.07) is 5.94. The molecule has 114 valence electrons. The third-order valence-electron chi connectivity index (χ3n) is 4.01. The Labute approximate surface area is 135 Å². The topological polar surface area (TPSA) is 35.1 Å². The largest absolute Gasteiger partial charge is 0.287 e. The lowest BCUT2D eigenvalue weighted by atomic mass is 10.1. The minimum Gasteiger partial charge on any atom is -0.287 e. The number of nitrogens with zero attached hydrogens (tertiary/aromatic N) is 4. The molecule has 0 atom stereocenters. The number of fused-ring (bicyclic) bond motifs is 3. The van der Waals surface area contributed by atoms with Crippen molar-refractivity contribution in [2.24, 2.45) is 0 Å². The number of pyridine rings is 1. The molecule has 23 heavy (non-hydrogen) atoms. The summed E-state index contributed by atoms with van der Waals surface area (Å²) in [5.41, 5.74) is 3.42. The number of aromatic nitrogens is 4. The van der Waals surface area contributed by atoms with Gasteiger partial charge in [-0.2, -0.15) is 0 Å². The van der Waals surface area contributed by atoms with E-state index in [1.807, 2.05) is 49.5 Å². The van der Waals surface area contributed by atoms with Crippen LogP contribution in [0.2, 0.25) is 0 Å². The molecule has 0 fully saturated rings. The highest BCUT2D eigenvalue weighted by Gasteiger charge is 2.18. The van der Waals surface area contributed by atoms with Gasteiger partial charge in [-0.3, -0.25) is 8.97 Å². The minimum absolute atomic E-state index is 0.883. The summed E-state index contributed by atoms with van der Waals surface area (Å²) < 4.78 is 4.30. The van der Waals surface area contributed by atoms with Crippen LogP contribution in [-0.2, 0) is 6.42 Å². The van der Waals surface area contributed by atoms with E-state index >= 15 is 0 Å². The first-order valence-corrected chi connectivity index (χ1v) is 7.88. The van der Waals surface area contributed by atoms with Crippen molar-refractivity contribution in [1.82, 2.24) is 18.9 Å². The molecule has 1 aliphatic carbocycles. The van der Waals surface area contributed by atoms with Crippen LogP contribution in [0.4, 0.5) is 0 Å². The highest BCUT2D eigenvalue weighted by molar-refractivity contribution is 5.62. The molecule has 4 heteroatoms. The molecule has 0 aromatic carbocycles. The van der Waals surface area contributed by atoms with Gasteiger partial charge in [-0.1, -0.05) is 30.4 Å². The molecule has 0 bridgehead atoms. The van der Waals surface area contributed by atoms with Crippen molar-refractivity contribution >= 4 is 17.9 Å². The molecule has 0 spiro atoms. The van der Waals surface area contributed by atoms with Crippen LogP contribution >= 0.6 is 0 Å². The fraction of sp³-hybridized carbons (Fsp3) is 0.158. The molecule has 0 saturated carbocycles. The van der Waals surface area contributed by atoms with Gasteiger partial charge >= 0.3 is 0 Å². The molecule has 0 N–H and O–H groups in total. The minimum atomic E-state index is 0.883. The van der Waals surface area contributed by atoms with E-state index in [0.29, 0.717) is 0 Å². The first-order valence-electron chi connectivity index (χ1n) is 7.88. The predicted molar refractivity (Wildman–Crippen MR) is 93.5 cm³/mol. The second-order valence-electron chi connectivity index (χ2n) is 5.52. The molecule has 0 saturated heterocycles. The van der Waals surface area contributed by atoms with Crippen LogP contribution < -0.4 is 0 Å². The van der Waals surface area contributed by atoms with Crippen molar-refractivity contribution < 1.29 is 0 Å². The third kappa shape index (κ3) is 2.32. The molecular formula is C19H18N4. The van der Waals surface area contributed by atoms with Crippen molar-refractivity contribution in [3.63, 3.8) is 0 Å². The van der Waals surface area contributed by atoms with Gasteiger partial charge < -0.3 is 0 Å². The van der Waals surface area contributed by atoms with Crippen LogP contribution in [0.25, 0.3) is 23.7 Å². The van der Waals surface area contributed by atoms with Gasteiger partial charge in [0, 0.05) is 12.4 Å². The molecule has 3 aromatic heterocycles. The Morgan fingerprint density at radius 3 is 3.00 bits per heavy atom. The quantitative estimate of drug-likeness (QED) is 0.684. The van der Waals surface area contributed by atoms with Crippen LogP contribution in [-0.4, -0.2) is 18.9 Å². The molecule has 4 nitrogen and oxygen atoms in total. The normalized spacial score (nSPS) is 14.3. The Balaban J connectivity index is 1.97. The molecule has 0 aliphatic heterocycles. The molecule has 3 heterocycles. The van der Waals surface area contributed by atoms with E-state index in [-0.39, 0.29) is 0 Å². The van der Waals surface area contributed by atoms with Gasteiger partial charge in [-0.15, -0.1) is 0 Å². The number of imidazole rings is 2. The number of rotatable bonds is 3. The van der Waals surface area contributed by atoms with Crippen molar-refractivity contribution in [3.8, 4) is 5.82 Å². The van der Waals surface area contributed by atoms with E-state index in [9.17, 15) is 0 Å². The maximum Gasteiger partial charge on any atom is 0.221 e. The smallest absolute Gasteiger partial charge is 0.221 e. The standard InChI is InChI=1S/C19H18N4/c1-2-3-4-9-15-14-22-17-11-6-5-10-16(17)21-19(22)23(15)18-12-7-8-13-20-18/h2-5,7-10,12-14H,6,11H2,1H3/b3-2-,9-4-. The monoisotopic (exact) mass is 302 g/mol. The van der Waals surface area contributed by atoms with E-state index in [2.05, 4.69) is 38.4 Å². The maximum atomic E-state index is 4.83. The maximum absolute atomic E-state index is 4.83. The molecule has 1 aliphatic rings. The zero-order valence-corrected chi connectivity index (χ0v) is 13.1. The lowest BCUT2D eigenvalue weighted by Crippen LogP contribution is -1.99. The first kappa shape index (κ1) is 13.8. The van der Waals surface area contributed by atoms with Gasteiger partial charge in [0.15, 0.2) is 0 Å². The van der Waals surface area contributed by atoms with Gasteiger partial charge in [0.2, 0.25) is 5.78 Å². The van der Waals surface area contributed by atoms with Gasteiger partial charge in [-0.05, 0) is 44.1 Å². The fourth-order valence-corrected chi connectivity index (χ4v) is 2.97. The highest BCUT2D eigenvalue weighted by atomic mass is 15.2. The Bertz CT molecular complexity index is 923. The lowest BCUT2D eigenvalue weighted by molar-refractivity contribution is 0.909. The Kier molecular flexibility index (Phi) is 3.42. The van der Waals surface area contributed by atoms with E-state index in [1.165, 1.54) is 5.69 Å². The zero-order valence-electron chi connectivity index (χ0n) is 13.1. The summed E-state index contributed by atoms with van der Waals surface area (Å²) in [7, 11) is 0. The summed E-state index contributed by atoms with van der Waals surface area (Å²) in [6.45, 7) is 2.01. The summed E-state index contributed by atoms with van der Waals surface area (Å²) in [5.74, 6) is 1.80. The Morgan fingerprint density at radius 1 is 1.22 bits per heavy atom. The Morgan fingerprint density at radius 2 is 2.17 bits per heavy atom. The molecule has 0 amide bonds. The van der Waals surface area contributed by atoms with Crippen LogP contribution in [0, 0.1) is 0 Å². The van der Waals surface area contributed by atoms with Crippen molar-refractivity contribution in [1.29, 1.82) is 0 Å². The molecule has 4 rings (SSSR count). The fourth-order valence-electron chi connectivity index (χ4n) is 2.97.